The third-order valence-electron chi connectivity index (χ3n) is 5.12. The highest BCUT2D eigenvalue weighted by molar-refractivity contribution is 7.98. The minimum absolute atomic E-state index is 0.0809. The van der Waals surface area contributed by atoms with Gasteiger partial charge >= 0.3 is 0 Å². The number of hydrogen-bond acceptors (Lipinski definition) is 5. The van der Waals surface area contributed by atoms with Gasteiger partial charge in [-0.05, 0) is 41.8 Å². The maximum atomic E-state index is 13.5. The number of halogens is 2. The van der Waals surface area contributed by atoms with Gasteiger partial charge in [-0.1, -0.05) is 18.2 Å². The molecule has 3 aromatic rings. The molecule has 0 radical (unpaired) electrons. The summed E-state index contributed by atoms with van der Waals surface area (Å²) in [6.07, 6.45) is 0. The van der Waals surface area contributed by atoms with E-state index in [2.05, 4.69) is 6.07 Å². The fourth-order valence-corrected chi connectivity index (χ4v) is 6.65. The van der Waals surface area contributed by atoms with Crippen LogP contribution in [0.5, 0.6) is 0 Å². The molecular formula is C22H20F2N2O3S3. The number of benzene rings is 2. The van der Waals surface area contributed by atoms with Crippen LogP contribution in [-0.2, 0) is 15.8 Å². The second kappa shape index (κ2) is 9.70. The molecule has 0 aliphatic carbocycles. The highest BCUT2D eigenvalue weighted by Gasteiger charge is 2.31. The Hall–Kier alpha value is -2.27. The van der Waals surface area contributed by atoms with Crippen molar-refractivity contribution in [2.24, 2.45) is 0 Å². The number of carbonyl (C=O) groups is 1. The molecule has 0 spiro atoms. The molecule has 32 heavy (non-hydrogen) atoms. The first-order valence-electron chi connectivity index (χ1n) is 9.85. The average molecular weight is 495 g/mol. The second-order valence-corrected chi connectivity index (χ2v) is 11.1. The largest absolute Gasteiger partial charge is 0.336 e. The lowest BCUT2D eigenvalue weighted by Crippen LogP contribution is -2.50. The third kappa shape index (κ3) is 4.88. The van der Waals surface area contributed by atoms with E-state index in [0.29, 0.717) is 11.6 Å². The minimum atomic E-state index is -3.97. The molecule has 0 bridgehead atoms. The summed E-state index contributed by atoms with van der Waals surface area (Å²) >= 11 is 3.26. The predicted molar refractivity (Wildman–Crippen MR) is 121 cm³/mol. The van der Waals surface area contributed by atoms with Crippen LogP contribution in [0.2, 0.25) is 0 Å². The molecule has 0 N–H and O–H groups in total. The van der Waals surface area contributed by atoms with E-state index in [0.717, 1.165) is 22.8 Å². The van der Waals surface area contributed by atoms with E-state index in [1.165, 1.54) is 9.18 Å². The fraction of sp³-hybridized carbons (Fsp3) is 0.227. The van der Waals surface area contributed by atoms with Crippen molar-refractivity contribution < 1.29 is 22.0 Å². The van der Waals surface area contributed by atoms with Crippen molar-refractivity contribution in [1.82, 2.24) is 9.21 Å². The second-order valence-electron chi connectivity index (χ2n) is 7.14. The van der Waals surface area contributed by atoms with Crippen LogP contribution in [0.3, 0.4) is 0 Å². The van der Waals surface area contributed by atoms with Crippen molar-refractivity contribution in [3.05, 3.63) is 82.1 Å². The van der Waals surface area contributed by atoms with Crippen molar-refractivity contribution in [1.29, 1.82) is 0 Å². The number of carbonyl (C=O) groups excluding carboxylic acids is 1. The SMILES string of the molecule is O=C(c1ccccc1SCc1cccs1)N1CCN(S(=O)(=O)c2ccc(F)c(F)c2)CC1. The van der Waals surface area contributed by atoms with Gasteiger partial charge in [-0.25, -0.2) is 17.2 Å². The van der Waals surface area contributed by atoms with Gasteiger partial charge < -0.3 is 4.90 Å². The molecule has 168 valence electrons. The van der Waals surface area contributed by atoms with Gasteiger partial charge in [-0.15, -0.1) is 23.1 Å². The first-order chi connectivity index (χ1) is 15.4. The number of hydrogen-bond donors (Lipinski definition) is 0. The molecule has 1 aliphatic rings. The summed E-state index contributed by atoms with van der Waals surface area (Å²) in [6.45, 7) is 0.590. The minimum Gasteiger partial charge on any atom is -0.336 e. The Kier molecular flexibility index (Phi) is 6.94. The summed E-state index contributed by atoms with van der Waals surface area (Å²) < 4.78 is 53.4. The lowest BCUT2D eigenvalue weighted by Gasteiger charge is -2.34. The van der Waals surface area contributed by atoms with E-state index in [9.17, 15) is 22.0 Å². The average Bonchev–Trinajstić information content (AvgIpc) is 3.33. The standard InChI is InChI=1S/C22H20F2N2O3S3/c23-19-8-7-17(14-20(19)24)32(28,29)26-11-9-25(10-12-26)22(27)18-5-1-2-6-21(18)31-15-16-4-3-13-30-16/h1-8,13-14H,9-12,15H2. The number of sulfonamides is 1. The molecule has 0 saturated carbocycles. The summed E-state index contributed by atoms with van der Waals surface area (Å²) in [4.78, 5) is 16.6. The molecule has 4 rings (SSSR count). The number of thiophene rings is 1. The maximum Gasteiger partial charge on any atom is 0.255 e. The van der Waals surface area contributed by atoms with Gasteiger partial charge in [0.05, 0.1) is 10.5 Å². The van der Waals surface area contributed by atoms with Crippen molar-refractivity contribution in [2.75, 3.05) is 26.2 Å². The zero-order valence-electron chi connectivity index (χ0n) is 16.9. The first kappa shape index (κ1) is 22.9. The Morgan fingerprint density at radius 3 is 2.41 bits per heavy atom. The molecule has 1 saturated heterocycles. The molecule has 0 unspecified atom stereocenters. The monoisotopic (exact) mass is 494 g/mol. The highest BCUT2D eigenvalue weighted by Crippen LogP contribution is 2.29. The van der Waals surface area contributed by atoms with E-state index in [1.807, 2.05) is 29.6 Å². The van der Waals surface area contributed by atoms with Crippen molar-refractivity contribution >= 4 is 39.0 Å². The molecule has 2 heterocycles. The van der Waals surface area contributed by atoms with Crippen LogP contribution in [0.25, 0.3) is 0 Å². The molecule has 10 heteroatoms. The molecule has 1 amide bonds. The molecule has 5 nitrogen and oxygen atoms in total. The number of thioether (sulfide) groups is 1. The third-order valence-corrected chi connectivity index (χ3v) is 9.20. The molecule has 0 atom stereocenters. The lowest BCUT2D eigenvalue weighted by atomic mass is 10.2. The topological polar surface area (TPSA) is 57.7 Å². The van der Waals surface area contributed by atoms with E-state index in [4.69, 9.17) is 0 Å². The maximum absolute atomic E-state index is 13.5. The van der Waals surface area contributed by atoms with E-state index in [-0.39, 0.29) is 37.0 Å². The molecule has 2 aromatic carbocycles. The number of nitrogens with zero attached hydrogens (tertiary/aromatic N) is 2. The van der Waals surface area contributed by atoms with Gasteiger partial charge in [-0.3, -0.25) is 4.79 Å². The summed E-state index contributed by atoms with van der Waals surface area (Å²) in [5.74, 6) is -1.70. The van der Waals surface area contributed by atoms with Crippen LogP contribution < -0.4 is 0 Å². The smallest absolute Gasteiger partial charge is 0.255 e. The molecule has 1 aromatic heterocycles. The summed E-state index contributed by atoms with van der Waals surface area (Å²) in [6, 6.07) is 14.0. The normalized spacial score (nSPS) is 15.1. The number of rotatable bonds is 6. The Bertz CT molecular complexity index is 1210. The Morgan fingerprint density at radius 1 is 0.969 bits per heavy atom. The predicted octanol–water partition coefficient (Wildman–Crippen LogP) is 4.47. The Labute approximate surface area is 193 Å². The Balaban J connectivity index is 1.43. The van der Waals surface area contributed by atoms with Gasteiger partial charge in [0.15, 0.2) is 11.6 Å². The van der Waals surface area contributed by atoms with Gasteiger partial charge in [0, 0.05) is 41.7 Å². The van der Waals surface area contributed by atoms with E-state index in [1.54, 1.807) is 34.1 Å². The van der Waals surface area contributed by atoms with Crippen LogP contribution in [-0.4, -0.2) is 49.7 Å². The van der Waals surface area contributed by atoms with Crippen LogP contribution in [0.4, 0.5) is 8.78 Å². The van der Waals surface area contributed by atoms with Gasteiger partial charge in [0.2, 0.25) is 10.0 Å². The molecule has 1 aliphatic heterocycles. The molecular weight excluding hydrogens is 474 g/mol. The van der Waals surface area contributed by atoms with E-state index >= 15 is 0 Å². The van der Waals surface area contributed by atoms with Crippen molar-refractivity contribution in [3.63, 3.8) is 0 Å². The number of amides is 1. The quantitative estimate of drug-likeness (QED) is 0.475. The van der Waals surface area contributed by atoms with Gasteiger partial charge in [0.25, 0.3) is 5.91 Å². The lowest BCUT2D eigenvalue weighted by molar-refractivity contribution is 0.0694. The summed E-state index contributed by atoms with van der Waals surface area (Å²) in [5.41, 5.74) is 0.589. The van der Waals surface area contributed by atoms with Crippen LogP contribution in [0, 0.1) is 11.6 Å². The van der Waals surface area contributed by atoms with Gasteiger partial charge in [-0.2, -0.15) is 4.31 Å². The Morgan fingerprint density at radius 2 is 1.72 bits per heavy atom. The van der Waals surface area contributed by atoms with Crippen LogP contribution in [0.15, 0.2) is 69.8 Å². The fourth-order valence-electron chi connectivity index (χ4n) is 3.40. The number of piperazine rings is 1. The molecule has 1 fully saturated rings. The highest BCUT2D eigenvalue weighted by atomic mass is 32.2. The van der Waals surface area contributed by atoms with Crippen LogP contribution in [0.1, 0.15) is 15.2 Å². The summed E-state index contributed by atoms with van der Waals surface area (Å²) in [5, 5.41) is 2.01. The summed E-state index contributed by atoms with van der Waals surface area (Å²) in [7, 11) is -3.97. The van der Waals surface area contributed by atoms with Crippen molar-refractivity contribution in [3.8, 4) is 0 Å². The first-order valence-corrected chi connectivity index (χ1v) is 13.2. The van der Waals surface area contributed by atoms with Gasteiger partial charge in [0.1, 0.15) is 0 Å². The van der Waals surface area contributed by atoms with Crippen LogP contribution >= 0.6 is 23.1 Å². The zero-order chi connectivity index (χ0) is 22.7. The zero-order valence-corrected chi connectivity index (χ0v) is 19.4. The van der Waals surface area contributed by atoms with Crippen molar-refractivity contribution in [2.45, 2.75) is 15.5 Å². The van der Waals surface area contributed by atoms with E-state index < -0.39 is 21.7 Å².